The lowest BCUT2D eigenvalue weighted by Gasteiger charge is -2.29. The molecule has 24 heavy (non-hydrogen) atoms. The molecule has 0 aromatic heterocycles. The van der Waals surface area contributed by atoms with E-state index in [4.69, 9.17) is 4.74 Å². The van der Waals surface area contributed by atoms with E-state index in [9.17, 15) is 4.79 Å². The van der Waals surface area contributed by atoms with Crippen molar-refractivity contribution < 1.29 is 9.53 Å². The van der Waals surface area contributed by atoms with Crippen LogP contribution in [0.15, 0.2) is 11.6 Å². The molecule has 0 amide bonds. The van der Waals surface area contributed by atoms with Gasteiger partial charge < -0.3 is 4.74 Å². The molecule has 2 nitrogen and oxygen atoms in total. The molecule has 0 aromatic rings. The van der Waals surface area contributed by atoms with Gasteiger partial charge in [-0.3, -0.25) is 0 Å². The molecule has 0 bridgehead atoms. The third kappa shape index (κ3) is 9.49. The molecule has 140 valence electrons. The summed E-state index contributed by atoms with van der Waals surface area (Å²) in [4.78, 5) is 11.5. The number of allylic oxidation sites excluding steroid dienone is 1. The third-order valence-corrected chi connectivity index (χ3v) is 5.07. The molecule has 1 heterocycles. The molecule has 0 aliphatic carbocycles. The van der Waals surface area contributed by atoms with E-state index in [0.717, 1.165) is 18.4 Å². The van der Waals surface area contributed by atoms with Crippen molar-refractivity contribution in [2.45, 2.75) is 123 Å². The number of carbonyl (C=O) groups excluding carboxylic acids is 1. The predicted molar refractivity (Wildman–Crippen MR) is 103 cm³/mol. The number of hydrogen-bond donors (Lipinski definition) is 0. The summed E-state index contributed by atoms with van der Waals surface area (Å²) < 4.78 is 5.29. The maximum atomic E-state index is 11.5. The van der Waals surface area contributed by atoms with E-state index in [1.165, 1.54) is 89.9 Å². The second-order valence-electron chi connectivity index (χ2n) is 7.37. The molecule has 1 rings (SSSR count). The van der Waals surface area contributed by atoms with Gasteiger partial charge in [0.15, 0.2) is 0 Å². The third-order valence-electron chi connectivity index (χ3n) is 5.07. The Kier molecular flexibility index (Phi) is 12.9. The minimum absolute atomic E-state index is 0.0698. The molecular formula is C22H40O2. The van der Waals surface area contributed by atoms with Gasteiger partial charge in [0, 0.05) is 0 Å². The average Bonchev–Trinajstić information content (AvgIpc) is 2.58. The van der Waals surface area contributed by atoms with E-state index >= 15 is 0 Å². The number of rotatable bonds is 16. The Morgan fingerprint density at radius 1 is 0.750 bits per heavy atom. The molecule has 0 spiro atoms. The van der Waals surface area contributed by atoms with Gasteiger partial charge in [0.05, 0.1) is 5.57 Å². The molecule has 0 N–H and O–H groups in total. The van der Waals surface area contributed by atoms with Crippen LogP contribution in [0.3, 0.4) is 0 Å². The molecule has 1 saturated heterocycles. The first-order valence-electron chi connectivity index (χ1n) is 10.7. The topological polar surface area (TPSA) is 26.3 Å². The lowest BCUT2D eigenvalue weighted by Crippen LogP contribution is -2.36. The highest BCUT2D eigenvalue weighted by Crippen LogP contribution is 2.27. The quantitative estimate of drug-likeness (QED) is 0.170. The van der Waals surface area contributed by atoms with Crippen LogP contribution >= 0.6 is 0 Å². The van der Waals surface area contributed by atoms with Crippen LogP contribution in [0.5, 0.6) is 0 Å². The van der Waals surface area contributed by atoms with Crippen LogP contribution in [0.4, 0.5) is 0 Å². The van der Waals surface area contributed by atoms with E-state index in [-0.39, 0.29) is 12.1 Å². The van der Waals surface area contributed by atoms with Crippen molar-refractivity contribution in [2.24, 2.45) is 0 Å². The standard InChI is InChI=1S/C22H40O2/c1-3-5-7-9-10-11-12-13-14-15-17-19-21-20(22(23)24-21)18-16-8-6-4-2/h18,21H,3-17,19H2,1-2H3/b20-18-. The maximum absolute atomic E-state index is 11.5. The number of esters is 1. The van der Waals surface area contributed by atoms with E-state index < -0.39 is 0 Å². The van der Waals surface area contributed by atoms with E-state index in [1.54, 1.807) is 0 Å². The minimum Gasteiger partial charge on any atom is -0.454 e. The molecule has 2 heteroatoms. The van der Waals surface area contributed by atoms with E-state index in [2.05, 4.69) is 19.9 Å². The number of cyclic esters (lactones) is 1. The molecule has 1 fully saturated rings. The monoisotopic (exact) mass is 336 g/mol. The first-order chi connectivity index (χ1) is 11.8. The minimum atomic E-state index is -0.0698. The van der Waals surface area contributed by atoms with Crippen molar-refractivity contribution in [2.75, 3.05) is 0 Å². The predicted octanol–water partition coefficient (Wildman–Crippen LogP) is 7.12. The molecule has 1 aliphatic rings. The average molecular weight is 337 g/mol. The summed E-state index contributed by atoms with van der Waals surface area (Å²) in [7, 11) is 0. The Morgan fingerprint density at radius 2 is 1.25 bits per heavy atom. The first kappa shape index (κ1) is 21.3. The summed E-state index contributed by atoms with van der Waals surface area (Å²) in [5.74, 6) is -0.0698. The largest absolute Gasteiger partial charge is 0.454 e. The number of ether oxygens (including phenoxy) is 1. The summed E-state index contributed by atoms with van der Waals surface area (Å²) >= 11 is 0. The Morgan fingerprint density at radius 3 is 1.79 bits per heavy atom. The Labute approximate surface area is 150 Å². The summed E-state index contributed by atoms with van der Waals surface area (Å²) in [5.41, 5.74) is 0.957. The fraction of sp³-hybridized carbons (Fsp3) is 0.864. The Hall–Kier alpha value is -0.790. The van der Waals surface area contributed by atoms with Gasteiger partial charge in [-0.25, -0.2) is 4.79 Å². The van der Waals surface area contributed by atoms with Gasteiger partial charge in [-0.05, 0) is 25.7 Å². The van der Waals surface area contributed by atoms with Gasteiger partial charge >= 0.3 is 5.97 Å². The zero-order valence-corrected chi connectivity index (χ0v) is 16.3. The van der Waals surface area contributed by atoms with Gasteiger partial charge in [0.1, 0.15) is 6.10 Å². The summed E-state index contributed by atoms with van der Waals surface area (Å²) in [6.45, 7) is 4.48. The van der Waals surface area contributed by atoms with Gasteiger partial charge in [0.2, 0.25) is 0 Å². The molecule has 1 atom stereocenters. The number of hydrogen-bond acceptors (Lipinski definition) is 2. The Bertz CT molecular complexity index is 346. The van der Waals surface area contributed by atoms with E-state index in [1.807, 2.05) is 0 Å². The first-order valence-corrected chi connectivity index (χ1v) is 10.7. The van der Waals surface area contributed by atoms with Crippen molar-refractivity contribution in [3.05, 3.63) is 11.6 Å². The van der Waals surface area contributed by atoms with Crippen LogP contribution in [0.25, 0.3) is 0 Å². The smallest absolute Gasteiger partial charge is 0.338 e. The summed E-state index contributed by atoms with van der Waals surface area (Å²) in [6, 6.07) is 0. The van der Waals surface area contributed by atoms with Gasteiger partial charge in [-0.1, -0.05) is 97.0 Å². The molecule has 0 radical (unpaired) electrons. The lowest BCUT2D eigenvalue weighted by atomic mass is 9.96. The van der Waals surface area contributed by atoms with Crippen molar-refractivity contribution in [1.29, 1.82) is 0 Å². The number of carbonyl (C=O) groups is 1. The molecular weight excluding hydrogens is 296 g/mol. The van der Waals surface area contributed by atoms with Crippen molar-refractivity contribution >= 4 is 5.97 Å². The van der Waals surface area contributed by atoms with Crippen molar-refractivity contribution in [1.82, 2.24) is 0 Å². The van der Waals surface area contributed by atoms with Crippen molar-refractivity contribution in [3.8, 4) is 0 Å². The SMILES string of the molecule is CCCCC/C=C1\C(=O)OC1CCCCCCCCCCCCC. The van der Waals surface area contributed by atoms with Crippen LogP contribution in [0, 0.1) is 0 Å². The van der Waals surface area contributed by atoms with Crippen LogP contribution in [0.2, 0.25) is 0 Å². The zero-order valence-electron chi connectivity index (χ0n) is 16.3. The van der Waals surface area contributed by atoms with Gasteiger partial charge in [-0.15, -0.1) is 0 Å². The van der Waals surface area contributed by atoms with E-state index in [0.29, 0.717) is 0 Å². The zero-order chi connectivity index (χ0) is 17.5. The van der Waals surface area contributed by atoms with Crippen molar-refractivity contribution in [3.63, 3.8) is 0 Å². The number of unbranched alkanes of at least 4 members (excludes halogenated alkanes) is 13. The van der Waals surface area contributed by atoms with Crippen LogP contribution in [-0.2, 0) is 9.53 Å². The summed E-state index contributed by atoms with van der Waals surface area (Å²) in [6.07, 6.45) is 23.0. The second kappa shape index (κ2) is 14.5. The maximum Gasteiger partial charge on any atom is 0.338 e. The molecule has 0 saturated carbocycles. The summed E-state index contributed by atoms with van der Waals surface area (Å²) in [5, 5.41) is 0. The fourth-order valence-corrected chi connectivity index (χ4v) is 3.41. The molecule has 1 aliphatic heterocycles. The van der Waals surface area contributed by atoms with Crippen LogP contribution in [-0.4, -0.2) is 12.1 Å². The Balaban J connectivity index is 1.92. The highest BCUT2D eigenvalue weighted by Gasteiger charge is 2.34. The highest BCUT2D eigenvalue weighted by molar-refractivity contribution is 5.95. The molecule has 0 aromatic carbocycles. The van der Waals surface area contributed by atoms with Crippen LogP contribution < -0.4 is 0 Å². The normalized spacial score (nSPS) is 18.7. The van der Waals surface area contributed by atoms with Crippen LogP contribution in [0.1, 0.15) is 117 Å². The van der Waals surface area contributed by atoms with Gasteiger partial charge in [-0.2, -0.15) is 0 Å². The second-order valence-corrected chi connectivity index (χ2v) is 7.37. The fourth-order valence-electron chi connectivity index (χ4n) is 3.41. The highest BCUT2D eigenvalue weighted by atomic mass is 16.6. The van der Waals surface area contributed by atoms with Gasteiger partial charge in [0.25, 0.3) is 0 Å². The molecule has 1 unspecified atom stereocenters. The lowest BCUT2D eigenvalue weighted by molar-refractivity contribution is -0.156.